The standard InChI is InChI=1S/C13H17BrFNO/c14-12-6-10(3-4-13(12)15)7-16-5-1-2-11(8-16)9-17/h3-4,6,11,17H,1-2,5,7-9H2/t11-/m1/s1. The minimum atomic E-state index is -0.222. The van der Waals surface area contributed by atoms with Gasteiger partial charge in [0.25, 0.3) is 0 Å². The second-order valence-electron chi connectivity index (χ2n) is 4.67. The minimum absolute atomic E-state index is 0.222. The number of benzene rings is 1. The quantitative estimate of drug-likeness (QED) is 0.928. The molecule has 1 fully saturated rings. The normalized spacial score (nSPS) is 21.7. The maximum Gasteiger partial charge on any atom is 0.137 e. The average molecular weight is 302 g/mol. The molecule has 0 unspecified atom stereocenters. The minimum Gasteiger partial charge on any atom is -0.396 e. The first-order valence-electron chi connectivity index (χ1n) is 5.96. The summed E-state index contributed by atoms with van der Waals surface area (Å²) in [5.74, 6) is 0.174. The van der Waals surface area contributed by atoms with Gasteiger partial charge in [-0.05, 0) is 58.9 Å². The molecule has 0 bridgehead atoms. The summed E-state index contributed by atoms with van der Waals surface area (Å²) in [6.07, 6.45) is 2.24. The van der Waals surface area contributed by atoms with Crippen LogP contribution >= 0.6 is 15.9 Å². The van der Waals surface area contributed by atoms with Crippen molar-refractivity contribution in [3.8, 4) is 0 Å². The van der Waals surface area contributed by atoms with Gasteiger partial charge in [0.15, 0.2) is 0 Å². The summed E-state index contributed by atoms with van der Waals surface area (Å²) >= 11 is 3.20. The van der Waals surface area contributed by atoms with Crippen LogP contribution < -0.4 is 0 Å². The molecule has 1 N–H and O–H groups in total. The number of rotatable bonds is 3. The fraction of sp³-hybridized carbons (Fsp3) is 0.538. The van der Waals surface area contributed by atoms with Gasteiger partial charge in [0.05, 0.1) is 4.47 Å². The molecule has 94 valence electrons. The number of likely N-dealkylation sites (tertiary alicyclic amines) is 1. The van der Waals surface area contributed by atoms with Crippen LogP contribution in [0.2, 0.25) is 0 Å². The molecule has 0 radical (unpaired) electrons. The Morgan fingerprint density at radius 3 is 3.00 bits per heavy atom. The van der Waals surface area contributed by atoms with Crippen molar-refractivity contribution in [1.29, 1.82) is 0 Å². The van der Waals surface area contributed by atoms with Crippen LogP contribution in [0.5, 0.6) is 0 Å². The Bertz CT molecular complexity index is 386. The summed E-state index contributed by atoms with van der Waals surface area (Å²) in [7, 11) is 0. The Morgan fingerprint density at radius 1 is 1.47 bits per heavy atom. The molecule has 1 heterocycles. The van der Waals surface area contributed by atoms with Crippen molar-refractivity contribution in [2.24, 2.45) is 5.92 Å². The van der Waals surface area contributed by atoms with Crippen LogP contribution in [-0.2, 0) is 6.54 Å². The van der Waals surface area contributed by atoms with E-state index in [0.29, 0.717) is 10.4 Å². The van der Waals surface area contributed by atoms with Crippen LogP contribution in [-0.4, -0.2) is 29.7 Å². The van der Waals surface area contributed by atoms with Crippen molar-refractivity contribution in [3.05, 3.63) is 34.1 Å². The summed E-state index contributed by atoms with van der Waals surface area (Å²) in [4.78, 5) is 2.32. The predicted molar refractivity (Wildman–Crippen MR) is 69.2 cm³/mol. The first kappa shape index (κ1) is 13.0. The van der Waals surface area contributed by atoms with Gasteiger partial charge in [0.2, 0.25) is 0 Å². The van der Waals surface area contributed by atoms with Gasteiger partial charge in [-0.3, -0.25) is 4.90 Å². The van der Waals surface area contributed by atoms with Crippen LogP contribution in [0.25, 0.3) is 0 Å². The van der Waals surface area contributed by atoms with Gasteiger partial charge in [-0.25, -0.2) is 4.39 Å². The number of aliphatic hydroxyl groups excluding tert-OH is 1. The summed E-state index contributed by atoms with van der Waals surface area (Å²) in [5, 5.41) is 9.17. The van der Waals surface area contributed by atoms with Gasteiger partial charge >= 0.3 is 0 Å². The molecular formula is C13H17BrFNO. The molecular weight excluding hydrogens is 285 g/mol. The number of aliphatic hydroxyl groups is 1. The third kappa shape index (κ3) is 3.50. The smallest absolute Gasteiger partial charge is 0.137 e. The fourth-order valence-electron chi connectivity index (χ4n) is 2.34. The molecule has 0 amide bonds. The molecule has 1 aromatic rings. The molecule has 0 saturated carbocycles. The highest BCUT2D eigenvalue weighted by Crippen LogP contribution is 2.21. The summed E-state index contributed by atoms with van der Waals surface area (Å²) in [6, 6.07) is 5.15. The highest BCUT2D eigenvalue weighted by molar-refractivity contribution is 9.10. The lowest BCUT2D eigenvalue weighted by Crippen LogP contribution is -2.36. The zero-order valence-corrected chi connectivity index (χ0v) is 11.3. The van der Waals surface area contributed by atoms with Crippen molar-refractivity contribution in [3.63, 3.8) is 0 Å². The van der Waals surface area contributed by atoms with E-state index in [0.717, 1.165) is 38.0 Å². The molecule has 2 nitrogen and oxygen atoms in total. The highest BCUT2D eigenvalue weighted by atomic mass is 79.9. The monoisotopic (exact) mass is 301 g/mol. The summed E-state index contributed by atoms with van der Waals surface area (Å²) in [5.41, 5.74) is 1.11. The van der Waals surface area contributed by atoms with E-state index in [4.69, 9.17) is 0 Å². The van der Waals surface area contributed by atoms with Gasteiger partial charge in [-0.1, -0.05) is 6.07 Å². The van der Waals surface area contributed by atoms with E-state index in [1.165, 1.54) is 6.07 Å². The van der Waals surface area contributed by atoms with Crippen LogP contribution in [0.4, 0.5) is 4.39 Å². The molecule has 1 aliphatic heterocycles. The number of piperidine rings is 1. The second-order valence-corrected chi connectivity index (χ2v) is 5.53. The van der Waals surface area contributed by atoms with Crippen molar-refractivity contribution >= 4 is 15.9 Å². The van der Waals surface area contributed by atoms with Crippen molar-refractivity contribution in [2.45, 2.75) is 19.4 Å². The van der Waals surface area contributed by atoms with Gasteiger partial charge in [0, 0.05) is 19.7 Å². The molecule has 4 heteroatoms. The Hall–Kier alpha value is -0.450. The van der Waals surface area contributed by atoms with E-state index in [-0.39, 0.29) is 12.4 Å². The first-order chi connectivity index (χ1) is 8.19. The zero-order chi connectivity index (χ0) is 12.3. The molecule has 0 aromatic heterocycles. The number of nitrogens with zero attached hydrogens (tertiary/aromatic N) is 1. The lowest BCUT2D eigenvalue weighted by molar-refractivity contribution is 0.116. The van der Waals surface area contributed by atoms with Crippen molar-refractivity contribution < 1.29 is 9.50 Å². The van der Waals surface area contributed by atoms with Crippen LogP contribution in [0, 0.1) is 11.7 Å². The Kier molecular flexibility index (Phi) is 4.54. The van der Waals surface area contributed by atoms with Gasteiger partial charge in [0.1, 0.15) is 5.82 Å². The van der Waals surface area contributed by atoms with E-state index < -0.39 is 0 Å². The largest absolute Gasteiger partial charge is 0.396 e. The van der Waals surface area contributed by atoms with Crippen LogP contribution in [0.3, 0.4) is 0 Å². The average Bonchev–Trinajstić information content (AvgIpc) is 2.34. The van der Waals surface area contributed by atoms with Gasteiger partial charge in [-0.2, -0.15) is 0 Å². The van der Waals surface area contributed by atoms with E-state index >= 15 is 0 Å². The molecule has 0 aliphatic carbocycles. The third-order valence-electron chi connectivity index (χ3n) is 3.25. The lowest BCUT2D eigenvalue weighted by atomic mass is 9.98. The van der Waals surface area contributed by atoms with E-state index in [1.807, 2.05) is 12.1 Å². The van der Waals surface area contributed by atoms with Gasteiger partial charge in [-0.15, -0.1) is 0 Å². The maximum atomic E-state index is 13.1. The van der Waals surface area contributed by atoms with E-state index in [1.54, 1.807) is 0 Å². The molecule has 1 aliphatic rings. The maximum absolute atomic E-state index is 13.1. The van der Waals surface area contributed by atoms with E-state index in [2.05, 4.69) is 20.8 Å². The fourth-order valence-corrected chi connectivity index (χ4v) is 2.77. The van der Waals surface area contributed by atoms with Crippen molar-refractivity contribution in [2.75, 3.05) is 19.7 Å². The van der Waals surface area contributed by atoms with Gasteiger partial charge < -0.3 is 5.11 Å². The Labute approximate surface area is 110 Å². The third-order valence-corrected chi connectivity index (χ3v) is 3.86. The van der Waals surface area contributed by atoms with Crippen molar-refractivity contribution in [1.82, 2.24) is 4.90 Å². The number of halogens is 2. The SMILES string of the molecule is OC[C@@H]1CCCN(Cc2ccc(F)c(Br)c2)C1. The predicted octanol–water partition coefficient (Wildman–Crippen LogP) is 2.79. The Balaban J connectivity index is 1.97. The molecule has 1 aromatic carbocycles. The topological polar surface area (TPSA) is 23.5 Å². The molecule has 0 spiro atoms. The number of hydrogen-bond donors (Lipinski definition) is 1. The number of hydrogen-bond acceptors (Lipinski definition) is 2. The van der Waals surface area contributed by atoms with Crippen LogP contribution in [0.1, 0.15) is 18.4 Å². The molecule has 17 heavy (non-hydrogen) atoms. The highest BCUT2D eigenvalue weighted by Gasteiger charge is 2.19. The zero-order valence-electron chi connectivity index (χ0n) is 9.70. The molecule has 2 rings (SSSR count). The summed E-state index contributed by atoms with van der Waals surface area (Å²) in [6.45, 7) is 3.09. The lowest BCUT2D eigenvalue weighted by Gasteiger charge is -2.31. The molecule has 1 atom stereocenters. The first-order valence-corrected chi connectivity index (χ1v) is 6.75. The molecule has 1 saturated heterocycles. The van der Waals surface area contributed by atoms with E-state index in [9.17, 15) is 9.50 Å². The summed E-state index contributed by atoms with van der Waals surface area (Å²) < 4.78 is 13.6. The second kappa shape index (κ2) is 5.94. The van der Waals surface area contributed by atoms with Crippen LogP contribution in [0.15, 0.2) is 22.7 Å². The Morgan fingerprint density at radius 2 is 2.29 bits per heavy atom.